The summed E-state index contributed by atoms with van der Waals surface area (Å²) in [7, 11) is 1.55. The van der Waals surface area contributed by atoms with Crippen molar-refractivity contribution in [3.63, 3.8) is 0 Å². The van der Waals surface area contributed by atoms with Crippen LogP contribution < -0.4 is 11.3 Å². The predicted molar refractivity (Wildman–Crippen MR) is 47.7 cm³/mol. The zero-order valence-electron chi connectivity index (χ0n) is 7.97. The molecule has 0 atom stereocenters. The Balaban J connectivity index is 2.35. The minimum atomic E-state index is 0.128. The minimum Gasteiger partial charge on any atom is -0.273 e. The first kappa shape index (κ1) is 9.92. The molecule has 4 heteroatoms. The highest BCUT2D eigenvalue weighted by Gasteiger charge is 2.27. The SMILES string of the molecule is CON(N)NC1(C)CCCCC1. The molecule has 1 aliphatic rings. The van der Waals surface area contributed by atoms with Gasteiger partial charge in [0.1, 0.15) is 0 Å². The summed E-state index contributed by atoms with van der Waals surface area (Å²) in [5.74, 6) is 5.49. The average Bonchev–Trinajstić information content (AvgIpc) is 2.05. The molecule has 12 heavy (non-hydrogen) atoms. The van der Waals surface area contributed by atoms with Crippen molar-refractivity contribution >= 4 is 0 Å². The highest BCUT2D eigenvalue weighted by atomic mass is 16.7. The maximum absolute atomic E-state index is 5.49. The van der Waals surface area contributed by atoms with Gasteiger partial charge in [-0.25, -0.2) is 11.3 Å². The van der Waals surface area contributed by atoms with Crippen molar-refractivity contribution in [3.8, 4) is 0 Å². The molecule has 0 spiro atoms. The number of hydrazine groups is 2. The second-order valence-corrected chi connectivity index (χ2v) is 3.74. The minimum absolute atomic E-state index is 0.128. The summed E-state index contributed by atoms with van der Waals surface area (Å²) in [6, 6.07) is 0. The molecule has 72 valence electrons. The van der Waals surface area contributed by atoms with Crippen molar-refractivity contribution in [2.24, 2.45) is 5.84 Å². The van der Waals surface area contributed by atoms with Crippen LogP contribution in [0.1, 0.15) is 39.0 Å². The molecular formula is C8H19N3O. The first-order valence-corrected chi connectivity index (χ1v) is 4.53. The highest BCUT2D eigenvalue weighted by molar-refractivity contribution is 4.83. The zero-order chi connectivity index (χ0) is 9.03. The van der Waals surface area contributed by atoms with E-state index in [0.717, 1.165) is 0 Å². The summed E-state index contributed by atoms with van der Waals surface area (Å²) >= 11 is 0. The normalized spacial score (nSPS) is 23.0. The average molecular weight is 173 g/mol. The highest BCUT2D eigenvalue weighted by Crippen LogP contribution is 2.27. The van der Waals surface area contributed by atoms with Gasteiger partial charge in [0, 0.05) is 5.54 Å². The van der Waals surface area contributed by atoms with E-state index in [1.165, 1.54) is 37.4 Å². The molecule has 1 fully saturated rings. The molecule has 0 unspecified atom stereocenters. The van der Waals surface area contributed by atoms with E-state index >= 15 is 0 Å². The maximum Gasteiger partial charge on any atom is 0.0607 e. The molecular weight excluding hydrogens is 154 g/mol. The van der Waals surface area contributed by atoms with Crippen LogP contribution in [0, 0.1) is 0 Å². The number of nitrogens with one attached hydrogen (secondary N) is 1. The summed E-state index contributed by atoms with van der Waals surface area (Å²) in [6.45, 7) is 2.19. The van der Waals surface area contributed by atoms with Crippen molar-refractivity contribution in [2.45, 2.75) is 44.6 Å². The molecule has 0 bridgehead atoms. The van der Waals surface area contributed by atoms with Gasteiger partial charge < -0.3 is 0 Å². The lowest BCUT2D eigenvalue weighted by atomic mass is 9.84. The van der Waals surface area contributed by atoms with E-state index in [4.69, 9.17) is 10.7 Å². The fourth-order valence-corrected chi connectivity index (χ4v) is 1.76. The Hall–Kier alpha value is -0.160. The quantitative estimate of drug-likeness (QED) is 0.493. The topological polar surface area (TPSA) is 50.5 Å². The molecule has 1 saturated carbocycles. The van der Waals surface area contributed by atoms with Crippen molar-refractivity contribution in [2.75, 3.05) is 7.11 Å². The van der Waals surface area contributed by atoms with Gasteiger partial charge in [0.15, 0.2) is 0 Å². The molecule has 1 rings (SSSR count). The fourth-order valence-electron chi connectivity index (χ4n) is 1.76. The molecule has 0 radical (unpaired) electrons. The Labute approximate surface area is 73.9 Å². The van der Waals surface area contributed by atoms with Gasteiger partial charge >= 0.3 is 0 Å². The van der Waals surface area contributed by atoms with Crippen LogP contribution in [-0.2, 0) is 4.84 Å². The van der Waals surface area contributed by atoms with Gasteiger partial charge in [-0.05, 0) is 19.8 Å². The number of nitrogens with two attached hydrogens (primary N) is 1. The van der Waals surface area contributed by atoms with Crippen molar-refractivity contribution in [1.82, 2.24) is 10.7 Å². The second-order valence-electron chi connectivity index (χ2n) is 3.74. The van der Waals surface area contributed by atoms with Crippen LogP contribution in [-0.4, -0.2) is 17.9 Å². The molecule has 3 N–H and O–H groups in total. The van der Waals surface area contributed by atoms with Crippen LogP contribution >= 0.6 is 0 Å². The molecule has 0 amide bonds. The van der Waals surface area contributed by atoms with Crippen molar-refractivity contribution < 1.29 is 4.84 Å². The van der Waals surface area contributed by atoms with E-state index in [-0.39, 0.29) is 5.54 Å². The summed E-state index contributed by atoms with van der Waals surface area (Å²) in [4.78, 5) is 4.82. The lowest BCUT2D eigenvalue weighted by Gasteiger charge is -2.36. The van der Waals surface area contributed by atoms with E-state index in [9.17, 15) is 0 Å². The fraction of sp³-hybridized carbons (Fsp3) is 1.00. The van der Waals surface area contributed by atoms with Crippen molar-refractivity contribution in [1.29, 1.82) is 0 Å². The van der Waals surface area contributed by atoms with Crippen LogP contribution in [0.3, 0.4) is 0 Å². The van der Waals surface area contributed by atoms with E-state index < -0.39 is 0 Å². The molecule has 0 saturated heterocycles. The van der Waals surface area contributed by atoms with Crippen LogP contribution in [0.5, 0.6) is 0 Å². The van der Waals surface area contributed by atoms with Gasteiger partial charge in [0.25, 0.3) is 0 Å². The number of nitrogens with zero attached hydrogens (tertiary/aromatic N) is 1. The van der Waals surface area contributed by atoms with Crippen LogP contribution in [0.4, 0.5) is 0 Å². The molecule has 1 aliphatic carbocycles. The smallest absolute Gasteiger partial charge is 0.0607 e. The third-order valence-electron chi connectivity index (χ3n) is 2.53. The lowest BCUT2D eigenvalue weighted by molar-refractivity contribution is -0.196. The van der Waals surface area contributed by atoms with Gasteiger partial charge in [-0.3, -0.25) is 4.84 Å². The Morgan fingerprint density at radius 3 is 2.42 bits per heavy atom. The monoisotopic (exact) mass is 173 g/mol. The molecule has 0 heterocycles. The van der Waals surface area contributed by atoms with Crippen LogP contribution in [0.15, 0.2) is 0 Å². The Kier molecular flexibility index (Phi) is 3.46. The van der Waals surface area contributed by atoms with Gasteiger partial charge in [0.05, 0.1) is 7.11 Å². The lowest BCUT2D eigenvalue weighted by Crippen LogP contribution is -2.55. The Morgan fingerprint density at radius 2 is 1.92 bits per heavy atom. The molecule has 0 aliphatic heterocycles. The molecule has 0 aromatic carbocycles. The number of rotatable bonds is 3. The van der Waals surface area contributed by atoms with Crippen LogP contribution in [0.25, 0.3) is 0 Å². The summed E-state index contributed by atoms with van der Waals surface area (Å²) < 4.78 is 0. The van der Waals surface area contributed by atoms with Gasteiger partial charge in [-0.15, -0.1) is 0 Å². The van der Waals surface area contributed by atoms with Gasteiger partial charge in [0.2, 0.25) is 0 Å². The van der Waals surface area contributed by atoms with Gasteiger partial charge in [-0.2, -0.15) is 0 Å². The standard InChI is InChI=1S/C8H19N3O/c1-8(10-11(9)12-2)6-4-3-5-7-8/h10H,3-7,9H2,1-2H3. The third kappa shape index (κ3) is 2.71. The van der Waals surface area contributed by atoms with E-state index in [2.05, 4.69) is 12.3 Å². The third-order valence-corrected chi connectivity index (χ3v) is 2.53. The summed E-state index contributed by atoms with van der Waals surface area (Å²) in [6.07, 6.45) is 6.24. The number of hydrogen-bond donors (Lipinski definition) is 2. The van der Waals surface area contributed by atoms with E-state index in [0.29, 0.717) is 0 Å². The number of hydrogen-bond acceptors (Lipinski definition) is 4. The summed E-state index contributed by atoms with van der Waals surface area (Å²) in [5, 5.41) is 1.20. The van der Waals surface area contributed by atoms with E-state index in [1.54, 1.807) is 7.11 Å². The Bertz CT molecular complexity index is 134. The molecule has 0 aromatic heterocycles. The molecule has 0 aromatic rings. The zero-order valence-corrected chi connectivity index (χ0v) is 7.97. The summed E-state index contributed by atoms with van der Waals surface area (Å²) in [5.41, 5.74) is 3.26. The largest absolute Gasteiger partial charge is 0.273 e. The molecule has 4 nitrogen and oxygen atoms in total. The predicted octanol–water partition coefficient (Wildman–Crippen LogP) is 0.951. The second kappa shape index (κ2) is 4.18. The first-order chi connectivity index (χ1) is 5.66. The van der Waals surface area contributed by atoms with Crippen molar-refractivity contribution in [3.05, 3.63) is 0 Å². The first-order valence-electron chi connectivity index (χ1n) is 4.53. The maximum atomic E-state index is 5.49. The van der Waals surface area contributed by atoms with Gasteiger partial charge in [-0.1, -0.05) is 24.5 Å². The van der Waals surface area contributed by atoms with Crippen LogP contribution in [0.2, 0.25) is 0 Å². The van der Waals surface area contributed by atoms with E-state index in [1.807, 2.05) is 0 Å². The Morgan fingerprint density at radius 1 is 1.33 bits per heavy atom.